The highest BCUT2D eigenvalue weighted by Crippen LogP contribution is 2.35. The molecular formula is C27H27N3O5. The Kier molecular flexibility index (Phi) is 8.34. The fraction of sp³-hybridized carbons (Fsp3) is 0.185. The first kappa shape index (κ1) is 25.2. The fourth-order valence-corrected chi connectivity index (χ4v) is 3.26. The Morgan fingerprint density at radius 3 is 2.29 bits per heavy atom. The van der Waals surface area contributed by atoms with E-state index in [9.17, 15) is 19.8 Å². The molecule has 0 radical (unpaired) electrons. The van der Waals surface area contributed by atoms with Gasteiger partial charge in [-0.3, -0.25) is 4.79 Å². The van der Waals surface area contributed by atoms with Crippen LogP contribution in [0.1, 0.15) is 29.8 Å². The number of hydrogen-bond acceptors (Lipinski definition) is 8. The molecule has 0 bridgehead atoms. The van der Waals surface area contributed by atoms with Crippen molar-refractivity contribution in [1.29, 1.82) is 0 Å². The summed E-state index contributed by atoms with van der Waals surface area (Å²) in [7, 11) is 0. The number of nitrogens with zero attached hydrogens (tertiary/aromatic N) is 3. The van der Waals surface area contributed by atoms with Crippen LogP contribution in [0.3, 0.4) is 0 Å². The van der Waals surface area contributed by atoms with Crippen LogP contribution in [-0.4, -0.2) is 41.7 Å². The third-order valence-corrected chi connectivity index (χ3v) is 5.19. The number of ether oxygens (including phenoxy) is 1. The second-order valence-electron chi connectivity index (χ2n) is 7.77. The maximum absolute atomic E-state index is 12.7. The molecule has 180 valence electrons. The lowest BCUT2D eigenvalue weighted by Crippen LogP contribution is -2.28. The van der Waals surface area contributed by atoms with Gasteiger partial charge in [-0.15, -0.1) is 5.11 Å². The van der Waals surface area contributed by atoms with Gasteiger partial charge in [0, 0.05) is 29.4 Å². The van der Waals surface area contributed by atoms with Gasteiger partial charge in [-0.05, 0) is 44.2 Å². The van der Waals surface area contributed by atoms with Crippen LogP contribution in [-0.2, 0) is 9.53 Å². The molecule has 35 heavy (non-hydrogen) atoms. The largest absolute Gasteiger partial charge is 0.507 e. The van der Waals surface area contributed by atoms with Crippen molar-refractivity contribution in [1.82, 2.24) is 0 Å². The van der Waals surface area contributed by atoms with Crippen LogP contribution in [0.25, 0.3) is 0 Å². The van der Waals surface area contributed by atoms with Gasteiger partial charge >= 0.3 is 5.97 Å². The van der Waals surface area contributed by atoms with Gasteiger partial charge in [-0.1, -0.05) is 36.9 Å². The van der Waals surface area contributed by atoms with Gasteiger partial charge in [0.05, 0.1) is 17.8 Å². The molecule has 3 rings (SSSR count). The molecular weight excluding hydrogens is 446 g/mol. The second-order valence-corrected chi connectivity index (χ2v) is 7.77. The number of esters is 1. The van der Waals surface area contributed by atoms with E-state index in [1.807, 2.05) is 24.0 Å². The summed E-state index contributed by atoms with van der Waals surface area (Å²) in [4.78, 5) is 26.3. The molecule has 0 aliphatic carbocycles. The van der Waals surface area contributed by atoms with Gasteiger partial charge in [-0.25, -0.2) is 4.79 Å². The predicted molar refractivity (Wildman–Crippen MR) is 134 cm³/mol. The van der Waals surface area contributed by atoms with E-state index in [0.717, 1.165) is 11.8 Å². The maximum Gasteiger partial charge on any atom is 0.333 e. The molecule has 2 N–H and O–H groups in total. The molecule has 0 aliphatic rings. The van der Waals surface area contributed by atoms with Crippen molar-refractivity contribution in [3.05, 3.63) is 90.0 Å². The Labute approximate surface area is 203 Å². The van der Waals surface area contributed by atoms with Crippen LogP contribution in [0.2, 0.25) is 0 Å². The molecule has 0 saturated heterocycles. The SMILES string of the molecule is C=C(C)C(=O)OCCN(CC)c1ccc(N=Nc2cc(C(=O)c3ccccc3)c(O)cc2O)cc1. The minimum atomic E-state index is -0.414. The van der Waals surface area contributed by atoms with Crippen molar-refractivity contribution in [3.63, 3.8) is 0 Å². The number of anilines is 1. The van der Waals surface area contributed by atoms with Crippen molar-refractivity contribution < 1.29 is 24.5 Å². The van der Waals surface area contributed by atoms with Gasteiger partial charge in [0.2, 0.25) is 0 Å². The van der Waals surface area contributed by atoms with E-state index >= 15 is 0 Å². The van der Waals surface area contributed by atoms with E-state index in [0.29, 0.717) is 29.9 Å². The average molecular weight is 474 g/mol. The van der Waals surface area contributed by atoms with Crippen molar-refractivity contribution in [3.8, 4) is 11.5 Å². The minimum absolute atomic E-state index is 0.0178. The van der Waals surface area contributed by atoms with Gasteiger partial charge in [0.15, 0.2) is 5.78 Å². The van der Waals surface area contributed by atoms with Gasteiger partial charge in [0.25, 0.3) is 0 Å². The first-order valence-corrected chi connectivity index (χ1v) is 11.0. The zero-order valence-electron chi connectivity index (χ0n) is 19.6. The number of hydrogen-bond donors (Lipinski definition) is 2. The zero-order valence-corrected chi connectivity index (χ0v) is 19.6. The molecule has 0 atom stereocenters. The molecule has 0 unspecified atom stereocenters. The highest BCUT2D eigenvalue weighted by atomic mass is 16.5. The molecule has 3 aromatic rings. The van der Waals surface area contributed by atoms with Gasteiger partial charge in [-0.2, -0.15) is 5.11 Å². The van der Waals surface area contributed by atoms with E-state index in [2.05, 4.69) is 16.8 Å². The monoisotopic (exact) mass is 473 g/mol. The van der Waals surface area contributed by atoms with E-state index in [-0.39, 0.29) is 29.4 Å². The van der Waals surface area contributed by atoms with E-state index in [4.69, 9.17) is 4.74 Å². The summed E-state index contributed by atoms with van der Waals surface area (Å²) in [6.45, 7) is 8.64. The van der Waals surface area contributed by atoms with Crippen LogP contribution in [0, 0.1) is 0 Å². The van der Waals surface area contributed by atoms with Crippen LogP contribution in [0.15, 0.2) is 89.1 Å². The predicted octanol–water partition coefficient (Wildman–Crippen LogP) is 5.69. The number of benzene rings is 3. The van der Waals surface area contributed by atoms with Crippen LogP contribution in [0.4, 0.5) is 17.1 Å². The van der Waals surface area contributed by atoms with E-state index in [1.165, 1.54) is 6.07 Å². The molecule has 0 heterocycles. The Balaban J connectivity index is 1.72. The maximum atomic E-state index is 12.7. The summed E-state index contributed by atoms with van der Waals surface area (Å²) in [5, 5.41) is 28.6. The van der Waals surface area contributed by atoms with Crippen molar-refractivity contribution >= 4 is 28.8 Å². The Morgan fingerprint density at radius 1 is 0.971 bits per heavy atom. The molecule has 8 nitrogen and oxygen atoms in total. The number of carbonyl (C=O) groups is 2. The van der Waals surface area contributed by atoms with Crippen molar-refractivity contribution in [2.45, 2.75) is 13.8 Å². The number of phenolic OH excluding ortho intramolecular Hbond substituents is 2. The first-order valence-electron chi connectivity index (χ1n) is 11.0. The van der Waals surface area contributed by atoms with Crippen LogP contribution in [0.5, 0.6) is 11.5 Å². The first-order chi connectivity index (χ1) is 16.8. The molecule has 3 aromatic carbocycles. The lowest BCUT2D eigenvalue weighted by molar-refractivity contribution is -0.138. The lowest BCUT2D eigenvalue weighted by atomic mass is 10.0. The lowest BCUT2D eigenvalue weighted by Gasteiger charge is -2.22. The Hall–Kier alpha value is -4.46. The zero-order chi connectivity index (χ0) is 25.4. The topological polar surface area (TPSA) is 112 Å². The highest BCUT2D eigenvalue weighted by Gasteiger charge is 2.17. The summed E-state index contributed by atoms with van der Waals surface area (Å²) < 4.78 is 5.16. The summed E-state index contributed by atoms with van der Waals surface area (Å²) in [5.41, 5.74) is 2.29. The standard InChI is InChI=1S/C27H27N3O5/c1-4-30(14-15-35-27(34)18(2)3)21-12-10-20(11-13-21)28-29-23-16-22(24(31)17-25(23)32)26(33)19-8-6-5-7-9-19/h5-13,16-17,31-32H,2,4,14-15H2,1,3H3. The van der Waals surface area contributed by atoms with Crippen LogP contribution < -0.4 is 4.90 Å². The quantitative estimate of drug-likeness (QED) is 0.169. The number of ketones is 1. The van der Waals surface area contributed by atoms with Crippen molar-refractivity contribution in [2.24, 2.45) is 10.2 Å². The van der Waals surface area contributed by atoms with E-state index in [1.54, 1.807) is 49.4 Å². The molecule has 8 heteroatoms. The summed E-state index contributed by atoms with van der Waals surface area (Å²) in [5.74, 6) is -1.44. The highest BCUT2D eigenvalue weighted by molar-refractivity contribution is 6.11. The number of aromatic hydroxyl groups is 2. The molecule has 0 fully saturated rings. The number of azo groups is 1. The normalized spacial score (nSPS) is 10.8. The molecule has 0 aromatic heterocycles. The fourth-order valence-electron chi connectivity index (χ4n) is 3.26. The van der Waals surface area contributed by atoms with Gasteiger partial charge in [0.1, 0.15) is 23.8 Å². The number of carbonyl (C=O) groups excluding carboxylic acids is 2. The molecule has 0 saturated carbocycles. The van der Waals surface area contributed by atoms with Gasteiger partial charge < -0.3 is 19.8 Å². The smallest absolute Gasteiger partial charge is 0.333 e. The third-order valence-electron chi connectivity index (χ3n) is 5.19. The minimum Gasteiger partial charge on any atom is -0.507 e. The Morgan fingerprint density at radius 2 is 1.66 bits per heavy atom. The third kappa shape index (κ3) is 6.54. The number of likely N-dealkylation sites (N-methyl/N-ethyl adjacent to an activating group) is 1. The van der Waals surface area contributed by atoms with Crippen molar-refractivity contribution in [2.75, 3.05) is 24.6 Å². The molecule has 0 amide bonds. The molecule has 0 spiro atoms. The summed E-state index contributed by atoms with van der Waals surface area (Å²) in [6, 6.07) is 18.1. The second kappa shape index (κ2) is 11.6. The number of phenols is 2. The Bertz CT molecular complexity index is 1240. The summed E-state index contributed by atoms with van der Waals surface area (Å²) >= 11 is 0. The van der Waals surface area contributed by atoms with Crippen LogP contribution >= 0.6 is 0 Å². The summed E-state index contributed by atoms with van der Waals surface area (Å²) in [6.07, 6.45) is 0. The number of rotatable bonds is 10. The molecule has 0 aliphatic heterocycles. The average Bonchev–Trinajstić information content (AvgIpc) is 2.86. The van der Waals surface area contributed by atoms with E-state index < -0.39 is 11.8 Å².